The summed E-state index contributed by atoms with van der Waals surface area (Å²) < 4.78 is 5.50. The molecule has 1 aliphatic rings. The van der Waals surface area contributed by atoms with E-state index in [0.29, 0.717) is 26.3 Å². The minimum absolute atomic E-state index is 0.0961. The molecular formula is C14H20N2O3. The largest absolute Gasteiger partial charge is 0.465 e. The monoisotopic (exact) mass is 264 g/mol. The molecule has 0 aromatic heterocycles. The molecular weight excluding hydrogens is 244 g/mol. The molecule has 1 heterocycles. The fraction of sp³-hybridized carbons (Fsp3) is 0.500. The second kappa shape index (κ2) is 6.54. The molecule has 1 fully saturated rings. The van der Waals surface area contributed by atoms with E-state index in [1.807, 2.05) is 25.2 Å². The third kappa shape index (κ3) is 3.94. The van der Waals surface area contributed by atoms with E-state index in [1.165, 1.54) is 10.5 Å². The molecule has 0 bridgehead atoms. The van der Waals surface area contributed by atoms with Crippen molar-refractivity contribution in [3.63, 3.8) is 0 Å². The Morgan fingerprint density at radius 1 is 1.47 bits per heavy atom. The van der Waals surface area contributed by atoms with Crippen LogP contribution in [-0.2, 0) is 11.3 Å². The summed E-state index contributed by atoms with van der Waals surface area (Å²) in [5, 5.41) is 9.10. The predicted molar refractivity (Wildman–Crippen MR) is 72.1 cm³/mol. The molecule has 2 rings (SSSR count). The molecule has 1 aliphatic heterocycles. The van der Waals surface area contributed by atoms with E-state index in [1.54, 1.807) is 0 Å². The lowest BCUT2D eigenvalue weighted by molar-refractivity contribution is 0.0892. The van der Waals surface area contributed by atoms with E-state index in [-0.39, 0.29) is 6.04 Å². The van der Waals surface area contributed by atoms with Crippen LogP contribution in [0.3, 0.4) is 0 Å². The van der Waals surface area contributed by atoms with Crippen molar-refractivity contribution in [1.82, 2.24) is 9.80 Å². The zero-order valence-corrected chi connectivity index (χ0v) is 11.2. The molecule has 0 spiro atoms. The van der Waals surface area contributed by atoms with E-state index in [9.17, 15) is 4.79 Å². The fourth-order valence-electron chi connectivity index (χ4n) is 2.23. The highest BCUT2D eigenvalue weighted by molar-refractivity contribution is 5.65. The quantitative estimate of drug-likeness (QED) is 0.899. The van der Waals surface area contributed by atoms with Crippen molar-refractivity contribution in [2.24, 2.45) is 0 Å². The number of nitrogens with zero attached hydrogens (tertiary/aromatic N) is 2. The number of ether oxygens (including phenoxy) is 1. The number of carbonyl (C=O) groups is 1. The van der Waals surface area contributed by atoms with Crippen molar-refractivity contribution >= 4 is 6.09 Å². The second-order valence-electron chi connectivity index (χ2n) is 4.86. The molecule has 1 saturated heterocycles. The normalized spacial score (nSPS) is 20.3. The second-order valence-corrected chi connectivity index (χ2v) is 4.86. The molecule has 0 radical (unpaired) electrons. The third-order valence-electron chi connectivity index (χ3n) is 3.42. The maximum atomic E-state index is 11.1. The molecule has 104 valence electrons. The lowest BCUT2D eigenvalue weighted by atomic mass is 10.2. The molecule has 1 aromatic rings. The van der Waals surface area contributed by atoms with Crippen molar-refractivity contribution < 1.29 is 14.6 Å². The number of hydrogen-bond acceptors (Lipinski definition) is 3. The Kier molecular flexibility index (Phi) is 4.76. The fourth-order valence-corrected chi connectivity index (χ4v) is 2.23. The Morgan fingerprint density at radius 2 is 2.21 bits per heavy atom. The van der Waals surface area contributed by atoms with Crippen LogP contribution in [0.4, 0.5) is 4.79 Å². The van der Waals surface area contributed by atoms with Crippen LogP contribution in [-0.4, -0.2) is 60.4 Å². The summed E-state index contributed by atoms with van der Waals surface area (Å²) in [6.45, 7) is 2.79. The SMILES string of the molecule is CN(Cc1ccccc1)C1COCCN(C(=O)O)C1. The van der Waals surface area contributed by atoms with Gasteiger partial charge in [0.25, 0.3) is 0 Å². The number of likely N-dealkylation sites (N-methyl/N-ethyl adjacent to an activating group) is 1. The maximum absolute atomic E-state index is 11.1. The summed E-state index contributed by atoms with van der Waals surface area (Å²) in [5.41, 5.74) is 1.22. The number of hydrogen-bond donors (Lipinski definition) is 1. The zero-order chi connectivity index (χ0) is 13.7. The molecule has 0 saturated carbocycles. The van der Waals surface area contributed by atoms with E-state index in [4.69, 9.17) is 9.84 Å². The Bertz CT molecular complexity index is 410. The Labute approximate surface area is 113 Å². The standard InChI is InChI=1S/C14H20N2O3/c1-15(9-12-5-3-2-4-6-12)13-10-16(14(17)18)7-8-19-11-13/h2-6,13H,7-11H2,1H3,(H,17,18). The van der Waals surface area contributed by atoms with Gasteiger partial charge < -0.3 is 14.7 Å². The average molecular weight is 264 g/mol. The summed E-state index contributed by atoms with van der Waals surface area (Å²) in [4.78, 5) is 14.7. The van der Waals surface area contributed by atoms with Gasteiger partial charge in [0.15, 0.2) is 0 Å². The van der Waals surface area contributed by atoms with Crippen LogP contribution < -0.4 is 0 Å². The van der Waals surface area contributed by atoms with Gasteiger partial charge in [-0.2, -0.15) is 0 Å². The smallest absolute Gasteiger partial charge is 0.407 e. The highest BCUT2D eigenvalue weighted by Gasteiger charge is 2.24. The Morgan fingerprint density at radius 3 is 2.89 bits per heavy atom. The van der Waals surface area contributed by atoms with Crippen molar-refractivity contribution in [2.75, 3.05) is 33.4 Å². The molecule has 1 atom stereocenters. The third-order valence-corrected chi connectivity index (χ3v) is 3.42. The van der Waals surface area contributed by atoms with Crippen LogP contribution in [0.1, 0.15) is 5.56 Å². The van der Waals surface area contributed by atoms with Crippen LogP contribution >= 0.6 is 0 Å². The van der Waals surface area contributed by atoms with E-state index in [0.717, 1.165) is 6.54 Å². The van der Waals surface area contributed by atoms with E-state index in [2.05, 4.69) is 17.0 Å². The van der Waals surface area contributed by atoms with Crippen LogP contribution in [0.15, 0.2) is 30.3 Å². The maximum Gasteiger partial charge on any atom is 0.407 e. The van der Waals surface area contributed by atoms with Crippen molar-refractivity contribution in [1.29, 1.82) is 0 Å². The molecule has 1 aromatic carbocycles. The van der Waals surface area contributed by atoms with Crippen molar-refractivity contribution in [3.8, 4) is 0 Å². The van der Waals surface area contributed by atoms with Gasteiger partial charge >= 0.3 is 6.09 Å². The zero-order valence-electron chi connectivity index (χ0n) is 11.2. The number of carboxylic acid groups (broad SMARTS) is 1. The first-order chi connectivity index (χ1) is 9.16. The minimum atomic E-state index is -0.872. The molecule has 5 nitrogen and oxygen atoms in total. The number of benzene rings is 1. The van der Waals surface area contributed by atoms with Gasteiger partial charge in [0.2, 0.25) is 0 Å². The average Bonchev–Trinajstić information content (AvgIpc) is 2.65. The van der Waals surface area contributed by atoms with Gasteiger partial charge in [-0.3, -0.25) is 4.90 Å². The van der Waals surface area contributed by atoms with Gasteiger partial charge in [-0.25, -0.2) is 4.79 Å². The van der Waals surface area contributed by atoms with Crippen LogP contribution in [0, 0.1) is 0 Å². The van der Waals surface area contributed by atoms with Gasteiger partial charge in [-0.15, -0.1) is 0 Å². The molecule has 19 heavy (non-hydrogen) atoms. The van der Waals surface area contributed by atoms with E-state index >= 15 is 0 Å². The molecule has 1 amide bonds. The van der Waals surface area contributed by atoms with E-state index < -0.39 is 6.09 Å². The Hall–Kier alpha value is -1.59. The predicted octanol–water partition coefficient (Wildman–Crippen LogP) is 1.50. The first-order valence-electron chi connectivity index (χ1n) is 6.46. The van der Waals surface area contributed by atoms with Crippen LogP contribution in [0.2, 0.25) is 0 Å². The topological polar surface area (TPSA) is 53.0 Å². The Balaban J connectivity index is 1.97. The summed E-state index contributed by atoms with van der Waals surface area (Å²) in [5.74, 6) is 0. The summed E-state index contributed by atoms with van der Waals surface area (Å²) in [7, 11) is 2.01. The van der Waals surface area contributed by atoms with Gasteiger partial charge in [-0.1, -0.05) is 30.3 Å². The van der Waals surface area contributed by atoms with Gasteiger partial charge in [0.05, 0.1) is 19.3 Å². The summed E-state index contributed by atoms with van der Waals surface area (Å²) in [6.07, 6.45) is -0.872. The number of amides is 1. The first-order valence-corrected chi connectivity index (χ1v) is 6.46. The lowest BCUT2D eigenvalue weighted by Gasteiger charge is -2.29. The molecule has 1 unspecified atom stereocenters. The number of rotatable bonds is 3. The molecule has 5 heteroatoms. The molecule has 1 N–H and O–H groups in total. The first kappa shape index (κ1) is 13.8. The highest BCUT2D eigenvalue weighted by atomic mass is 16.5. The van der Waals surface area contributed by atoms with Crippen LogP contribution in [0.25, 0.3) is 0 Å². The van der Waals surface area contributed by atoms with Gasteiger partial charge in [0.1, 0.15) is 0 Å². The van der Waals surface area contributed by atoms with Gasteiger partial charge in [-0.05, 0) is 12.6 Å². The summed E-state index contributed by atoms with van der Waals surface area (Å²) >= 11 is 0. The lowest BCUT2D eigenvalue weighted by Crippen LogP contribution is -2.44. The minimum Gasteiger partial charge on any atom is -0.465 e. The van der Waals surface area contributed by atoms with Crippen molar-refractivity contribution in [2.45, 2.75) is 12.6 Å². The van der Waals surface area contributed by atoms with Crippen LogP contribution in [0.5, 0.6) is 0 Å². The van der Waals surface area contributed by atoms with Crippen molar-refractivity contribution in [3.05, 3.63) is 35.9 Å². The molecule has 0 aliphatic carbocycles. The highest BCUT2D eigenvalue weighted by Crippen LogP contribution is 2.10. The summed E-state index contributed by atoms with van der Waals surface area (Å²) in [6, 6.07) is 10.3. The van der Waals surface area contributed by atoms with Gasteiger partial charge in [0, 0.05) is 19.6 Å².